The zero-order chi connectivity index (χ0) is 23.0. The lowest BCUT2D eigenvalue weighted by atomic mass is 10.0. The summed E-state index contributed by atoms with van der Waals surface area (Å²) in [5.41, 5.74) is 0. The minimum atomic E-state index is 0. The van der Waals surface area contributed by atoms with Crippen molar-refractivity contribution in [3.8, 4) is 0 Å². The third-order valence-corrected chi connectivity index (χ3v) is 7.26. The number of unbranched alkanes of at least 4 members (excludes halogenated alkanes) is 13. The Labute approximate surface area is 228 Å². The first-order valence-corrected chi connectivity index (χ1v) is 15.1. The number of halogens is 1. The first kappa shape index (κ1) is 33.5. The molecule has 0 saturated heterocycles. The smallest absolute Gasteiger partial charge is 0.0675 e. The van der Waals surface area contributed by atoms with E-state index in [9.17, 15) is 0 Å². The molecule has 5 heteroatoms. The van der Waals surface area contributed by atoms with Crippen LogP contribution in [0.4, 0.5) is 0 Å². The largest absolute Gasteiger partial charge is 0.381 e. The minimum absolute atomic E-state index is 0. The van der Waals surface area contributed by atoms with Crippen molar-refractivity contribution in [2.45, 2.75) is 136 Å². The maximum Gasteiger partial charge on any atom is 0.0675 e. The van der Waals surface area contributed by atoms with Crippen LogP contribution in [-0.4, -0.2) is 43.2 Å². The Kier molecular flexibility index (Phi) is 27.6. The van der Waals surface area contributed by atoms with Crippen LogP contribution in [0.15, 0.2) is 11.6 Å². The van der Waals surface area contributed by atoms with E-state index in [2.05, 4.69) is 30.4 Å². The van der Waals surface area contributed by atoms with Crippen LogP contribution >= 0.6 is 35.7 Å². The summed E-state index contributed by atoms with van der Waals surface area (Å²) in [6.07, 6.45) is 26.9. The Bertz CT molecular complexity index is 411. The van der Waals surface area contributed by atoms with Crippen molar-refractivity contribution in [1.82, 2.24) is 4.90 Å². The van der Waals surface area contributed by atoms with Crippen molar-refractivity contribution in [2.24, 2.45) is 0 Å². The molecular weight excluding hydrogens is 541 g/mol. The Hall–Kier alpha value is 0.540. The second-order valence-corrected chi connectivity index (χ2v) is 10.4. The molecule has 1 rings (SSSR count). The number of nitrogens with zero attached hydrogens (tertiary/aromatic N) is 1. The van der Waals surface area contributed by atoms with E-state index >= 15 is 0 Å². The van der Waals surface area contributed by atoms with Crippen LogP contribution in [0.5, 0.6) is 0 Å². The molecule has 1 aliphatic rings. The predicted molar refractivity (Wildman–Crippen MR) is 159 cm³/mol. The molecule has 3 nitrogen and oxygen atoms in total. The molecule has 0 bridgehead atoms. The Balaban J connectivity index is 0.0000102. The standard InChI is InChI=1S/C28H55NO2S.HI/c1-3-5-6-7-8-9-10-11-12-13-14-15-16-20-28(4-2)31-25-19-24-30-23-18-17-21-29-22-26-32-27-29;/h22,26,28H,3-21,23-25,27H2,1-2H3;1H. The third kappa shape index (κ3) is 22.7. The van der Waals surface area contributed by atoms with Gasteiger partial charge in [-0.3, -0.25) is 0 Å². The molecule has 1 unspecified atom stereocenters. The van der Waals surface area contributed by atoms with E-state index < -0.39 is 0 Å². The van der Waals surface area contributed by atoms with Gasteiger partial charge in [-0.1, -0.05) is 97.3 Å². The second kappa shape index (κ2) is 27.1. The lowest BCUT2D eigenvalue weighted by molar-refractivity contribution is 0.0251. The van der Waals surface area contributed by atoms with E-state index in [0.717, 1.165) is 51.5 Å². The molecule has 0 amide bonds. The van der Waals surface area contributed by atoms with Crippen LogP contribution < -0.4 is 0 Å². The van der Waals surface area contributed by atoms with Crippen LogP contribution in [0.25, 0.3) is 0 Å². The summed E-state index contributed by atoms with van der Waals surface area (Å²) in [4.78, 5) is 2.38. The summed E-state index contributed by atoms with van der Waals surface area (Å²) in [6.45, 7) is 8.30. The normalized spacial score (nSPS) is 14.1. The van der Waals surface area contributed by atoms with Gasteiger partial charge in [0.15, 0.2) is 0 Å². The number of ether oxygens (including phenoxy) is 2. The van der Waals surface area contributed by atoms with Gasteiger partial charge < -0.3 is 14.4 Å². The lowest BCUT2D eigenvalue weighted by Crippen LogP contribution is -2.15. The first-order chi connectivity index (χ1) is 15.9. The van der Waals surface area contributed by atoms with Gasteiger partial charge >= 0.3 is 0 Å². The van der Waals surface area contributed by atoms with Gasteiger partial charge in [0.25, 0.3) is 0 Å². The van der Waals surface area contributed by atoms with Gasteiger partial charge in [0.1, 0.15) is 0 Å². The molecule has 0 radical (unpaired) electrons. The quantitative estimate of drug-likeness (QED) is 0.0772. The Morgan fingerprint density at radius 1 is 0.727 bits per heavy atom. The summed E-state index contributed by atoms with van der Waals surface area (Å²) in [7, 11) is 0. The van der Waals surface area contributed by atoms with Crippen molar-refractivity contribution in [1.29, 1.82) is 0 Å². The molecule has 198 valence electrons. The average molecular weight is 598 g/mol. The van der Waals surface area contributed by atoms with Crippen LogP contribution in [-0.2, 0) is 9.47 Å². The molecule has 0 spiro atoms. The van der Waals surface area contributed by atoms with Gasteiger partial charge in [0, 0.05) is 32.6 Å². The Morgan fingerprint density at radius 3 is 1.91 bits per heavy atom. The van der Waals surface area contributed by atoms with E-state index in [1.165, 1.54) is 96.3 Å². The second-order valence-electron chi connectivity index (χ2n) is 9.50. The van der Waals surface area contributed by atoms with Gasteiger partial charge in [-0.2, -0.15) is 0 Å². The molecule has 1 aliphatic heterocycles. The topological polar surface area (TPSA) is 21.7 Å². The molecule has 0 saturated carbocycles. The summed E-state index contributed by atoms with van der Waals surface area (Å²) in [5, 5.41) is 2.18. The van der Waals surface area contributed by atoms with Gasteiger partial charge in [-0.15, -0.1) is 35.7 Å². The van der Waals surface area contributed by atoms with E-state index in [4.69, 9.17) is 9.47 Å². The summed E-state index contributed by atoms with van der Waals surface area (Å²) >= 11 is 1.88. The molecule has 0 aliphatic carbocycles. The number of rotatable bonds is 25. The van der Waals surface area contributed by atoms with Crippen LogP contribution in [0, 0.1) is 0 Å². The van der Waals surface area contributed by atoms with Crippen molar-refractivity contribution in [3.05, 3.63) is 11.6 Å². The fraction of sp³-hybridized carbons (Fsp3) is 0.929. The first-order valence-electron chi connectivity index (χ1n) is 14.1. The molecule has 1 heterocycles. The molecule has 0 aromatic heterocycles. The number of hydrogen-bond acceptors (Lipinski definition) is 4. The molecule has 0 aromatic rings. The van der Waals surface area contributed by atoms with E-state index in [1.54, 1.807) is 0 Å². The molecule has 0 aromatic carbocycles. The van der Waals surface area contributed by atoms with Gasteiger partial charge in [0.05, 0.1) is 12.0 Å². The Morgan fingerprint density at radius 2 is 1.33 bits per heavy atom. The SMILES string of the molecule is CCCCCCCCCCCCCCCC(CC)OCCCOCCCCN1C=CSC1.I. The zero-order valence-electron chi connectivity index (χ0n) is 22.1. The molecule has 0 N–H and O–H groups in total. The summed E-state index contributed by atoms with van der Waals surface area (Å²) in [6, 6.07) is 0. The van der Waals surface area contributed by atoms with E-state index in [1.807, 2.05) is 11.8 Å². The molecule has 1 atom stereocenters. The average Bonchev–Trinajstić information content (AvgIpc) is 3.33. The summed E-state index contributed by atoms with van der Waals surface area (Å²) in [5.74, 6) is 1.12. The highest BCUT2D eigenvalue weighted by Gasteiger charge is 2.06. The molecule has 33 heavy (non-hydrogen) atoms. The highest BCUT2D eigenvalue weighted by molar-refractivity contribution is 14.0. The predicted octanol–water partition coefficient (Wildman–Crippen LogP) is 9.55. The van der Waals surface area contributed by atoms with Crippen LogP contribution in [0.3, 0.4) is 0 Å². The highest BCUT2D eigenvalue weighted by Crippen LogP contribution is 2.16. The van der Waals surface area contributed by atoms with E-state index in [-0.39, 0.29) is 24.0 Å². The summed E-state index contributed by atoms with van der Waals surface area (Å²) < 4.78 is 11.9. The van der Waals surface area contributed by atoms with Gasteiger partial charge in [-0.05, 0) is 37.5 Å². The lowest BCUT2D eigenvalue weighted by Gasteiger charge is -2.16. The monoisotopic (exact) mass is 597 g/mol. The van der Waals surface area contributed by atoms with Gasteiger partial charge in [-0.25, -0.2) is 0 Å². The van der Waals surface area contributed by atoms with Crippen LogP contribution in [0.1, 0.15) is 129 Å². The van der Waals surface area contributed by atoms with Crippen molar-refractivity contribution < 1.29 is 9.47 Å². The van der Waals surface area contributed by atoms with Gasteiger partial charge in [0.2, 0.25) is 0 Å². The van der Waals surface area contributed by atoms with Crippen molar-refractivity contribution in [3.63, 3.8) is 0 Å². The minimum Gasteiger partial charge on any atom is -0.381 e. The number of thioether (sulfide) groups is 1. The maximum atomic E-state index is 6.10. The highest BCUT2D eigenvalue weighted by atomic mass is 127. The van der Waals surface area contributed by atoms with Crippen molar-refractivity contribution >= 4 is 35.7 Å². The van der Waals surface area contributed by atoms with E-state index in [0.29, 0.717) is 6.10 Å². The number of hydrogen-bond donors (Lipinski definition) is 0. The maximum absolute atomic E-state index is 6.10. The zero-order valence-corrected chi connectivity index (χ0v) is 25.2. The third-order valence-electron chi connectivity index (χ3n) is 6.46. The van der Waals surface area contributed by atoms with Crippen LogP contribution in [0.2, 0.25) is 0 Å². The van der Waals surface area contributed by atoms with Crippen molar-refractivity contribution in [2.75, 3.05) is 32.2 Å². The fourth-order valence-corrected chi connectivity index (χ4v) is 5.03. The molecule has 0 fully saturated rings. The fourth-order valence-electron chi connectivity index (χ4n) is 4.28. The molecular formula is C28H56INO2S.